The topological polar surface area (TPSA) is 142 Å². The van der Waals surface area contributed by atoms with Crippen molar-refractivity contribution in [2.45, 2.75) is 13.8 Å². The summed E-state index contributed by atoms with van der Waals surface area (Å²) in [6.45, 7) is 3.31. The number of nitriles is 1. The van der Waals surface area contributed by atoms with Gasteiger partial charge in [-0.05, 0) is 59.6 Å². The molecule has 2 N–H and O–H groups in total. The van der Waals surface area contributed by atoms with Gasteiger partial charge in [-0.3, -0.25) is 19.4 Å². The number of pyridine rings is 1. The summed E-state index contributed by atoms with van der Waals surface area (Å²) in [7, 11) is 1.23. The Morgan fingerprint density at radius 1 is 1.31 bits per heavy atom. The number of carbonyl (C=O) groups is 3. The fourth-order valence-corrected chi connectivity index (χ4v) is 3.85. The number of halogens is 2. The molecule has 0 saturated carbocycles. The highest BCUT2D eigenvalue weighted by Gasteiger charge is 2.25. The highest BCUT2D eigenvalue weighted by Crippen LogP contribution is 2.27. The zero-order valence-corrected chi connectivity index (χ0v) is 21.8. The summed E-state index contributed by atoms with van der Waals surface area (Å²) in [5.41, 5.74) is 3.75. The summed E-state index contributed by atoms with van der Waals surface area (Å²) in [4.78, 5) is 42.5. The predicted octanol–water partition coefficient (Wildman–Crippen LogP) is 3.26. The third-order valence-corrected chi connectivity index (χ3v) is 5.67. The molecule has 0 aliphatic rings. The lowest BCUT2D eigenvalue weighted by Crippen LogP contribution is -2.45. The SMILES string of the molecule is CCN(NCC(=O)OC)C(=O)c1cc(C#N)cc(C)c1NC(=O)c1cc(Br)nn1-c1ncccc1Cl. The molecule has 2 amide bonds. The van der Waals surface area contributed by atoms with Gasteiger partial charge in [-0.1, -0.05) is 11.6 Å². The highest BCUT2D eigenvalue weighted by atomic mass is 79.9. The van der Waals surface area contributed by atoms with Crippen LogP contribution in [-0.2, 0) is 9.53 Å². The van der Waals surface area contributed by atoms with Crippen molar-refractivity contribution in [1.82, 2.24) is 25.2 Å². The molecule has 1 aromatic carbocycles. The van der Waals surface area contributed by atoms with Gasteiger partial charge < -0.3 is 10.1 Å². The number of hydrogen-bond acceptors (Lipinski definition) is 8. The van der Waals surface area contributed by atoms with E-state index in [0.29, 0.717) is 10.2 Å². The average molecular weight is 575 g/mol. The first kappa shape index (κ1) is 26.8. The molecule has 0 spiro atoms. The molecule has 3 aromatic rings. The monoisotopic (exact) mass is 573 g/mol. The van der Waals surface area contributed by atoms with E-state index in [1.807, 2.05) is 6.07 Å². The smallest absolute Gasteiger partial charge is 0.321 e. The van der Waals surface area contributed by atoms with E-state index in [1.54, 1.807) is 32.0 Å². The minimum atomic E-state index is -0.595. The Kier molecular flexibility index (Phi) is 8.76. The first-order valence-electron chi connectivity index (χ1n) is 10.5. The summed E-state index contributed by atoms with van der Waals surface area (Å²) < 4.78 is 6.25. The molecular weight excluding hydrogens is 554 g/mol. The number of nitrogens with zero attached hydrogens (tertiary/aromatic N) is 5. The number of rotatable bonds is 8. The van der Waals surface area contributed by atoms with E-state index in [4.69, 9.17) is 11.6 Å². The van der Waals surface area contributed by atoms with E-state index in [-0.39, 0.29) is 46.4 Å². The molecule has 0 unspecified atom stereocenters. The Hall–Kier alpha value is -3.79. The predicted molar refractivity (Wildman–Crippen MR) is 135 cm³/mol. The lowest BCUT2D eigenvalue weighted by atomic mass is 10.0. The Morgan fingerprint density at radius 2 is 2.06 bits per heavy atom. The molecule has 36 heavy (non-hydrogen) atoms. The number of hydrazine groups is 1. The Bertz CT molecular complexity index is 1370. The largest absolute Gasteiger partial charge is 0.468 e. The number of aromatic nitrogens is 3. The maximum absolute atomic E-state index is 13.4. The number of carbonyl (C=O) groups excluding carboxylic acids is 3. The molecular formula is C23H21BrClN7O4. The second-order valence-corrected chi connectivity index (χ2v) is 8.53. The van der Waals surface area contributed by atoms with Crippen LogP contribution < -0.4 is 10.7 Å². The number of anilines is 1. The van der Waals surface area contributed by atoms with E-state index in [1.165, 1.54) is 35.1 Å². The van der Waals surface area contributed by atoms with Gasteiger partial charge in [-0.25, -0.2) is 15.1 Å². The lowest BCUT2D eigenvalue weighted by Gasteiger charge is -2.23. The average Bonchev–Trinajstić information content (AvgIpc) is 3.26. The minimum Gasteiger partial charge on any atom is -0.468 e. The fourth-order valence-electron chi connectivity index (χ4n) is 3.28. The number of methoxy groups -OCH3 is 1. The standard InChI is InChI=1S/C23H21BrClN7O4/c1-4-31(28-12-19(33)36-3)23(35)15-9-14(11-26)8-13(2)20(15)29-22(34)17-10-18(24)30-32(17)21-16(25)6-5-7-27-21/h5-10,28H,4,12H2,1-3H3,(H,29,34). The zero-order valence-electron chi connectivity index (χ0n) is 19.5. The van der Waals surface area contributed by atoms with Crippen LogP contribution >= 0.6 is 27.5 Å². The van der Waals surface area contributed by atoms with Crippen molar-refractivity contribution < 1.29 is 19.1 Å². The van der Waals surface area contributed by atoms with E-state index in [2.05, 4.69) is 41.5 Å². The molecule has 0 saturated heterocycles. The van der Waals surface area contributed by atoms with Crippen LogP contribution in [0.4, 0.5) is 5.69 Å². The van der Waals surface area contributed by atoms with Crippen LogP contribution in [0.3, 0.4) is 0 Å². The van der Waals surface area contributed by atoms with Crippen molar-refractivity contribution in [1.29, 1.82) is 5.26 Å². The van der Waals surface area contributed by atoms with Gasteiger partial charge in [-0.2, -0.15) is 10.4 Å². The number of amides is 2. The quantitative estimate of drug-likeness (QED) is 0.308. The molecule has 0 aliphatic carbocycles. The van der Waals surface area contributed by atoms with E-state index < -0.39 is 17.8 Å². The van der Waals surface area contributed by atoms with Crippen LogP contribution in [0.5, 0.6) is 0 Å². The molecule has 0 radical (unpaired) electrons. The van der Waals surface area contributed by atoms with Crippen molar-refractivity contribution in [2.24, 2.45) is 0 Å². The van der Waals surface area contributed by atoms with Crippen LogP contribution in [-0.4, -0.2) is 57.8 Å². The Labute approximate surface area is 220 Å². The summed E-state index contributed by atoms with van der Waals surface area (Å²) >= 11 is 9.52. The number of nitrogens with one attached hydrogen (secondary N) is 2. The maximum atomic E-state index is 13.4. The summed E-state index contributed by atoms with van der Waals surface area (Å²) in [6.07, 6.45) is 1.51. The number of benzene rings is 1. The van der Waals surface area contributed by atoms with Gasteiger partial charge >= 0.3 is 5.97 Å². The Balaban J connectivity index is 2.01. The number of hydrogen-bond donors (Lipinski definition) is 2. The van der Waals surface area contributed by atoms with Crippen molar-refractivity contribution in [3.63, 3.8) is 0 Å². The van der Waals surface area contributed by atoms with Crippen LogP contribution in [0.15, 0.2) is 41.1 Å². The normalized spacial score (nSPS) is 10.4. The summed E-state index contributed by atoms with van der Waals surface area (Å²) in [5, 5.41) is 17.9. The van der Waals surface area contributed by atoms with Crippen molar-refractivity contribution >= 4 is 51.0 Å². The van der Waals surface area contributed by atoms with E-state index in [0.717, 1.165) is 0 Å². The molecule has 186 valence electrons. The summed E-state index contributed by atoms with van der Waals surface area (Å²) in [6, 6.07) is 9.68. The molecule has 0 bridgehead atoms. The molecule has 0 aliphatic heterocycles. The number of esters is 1. The van der Waals surface area contributed by atoms with E-state index in [9.17, 15) is 19.6 Å². The van der Waals surface area contributed by atoms with Gasteiger partial charge in [0.05, 0.1) is 35.0 Å². The van der Waals surface area contributed by atoms with Crippen LogP contribution in [0.25, 0.3) is 5.82 Å². The van der Waals surface area contributed by atoms with Crippen molar-refractivity contribution in [2.75, 3.05) is 25.5 Å². The third-order valence-electron chi connectivity index (χ3n) is 4.99. The molecule has 2 heterocycles. The molecule has 0 fully saturated rings. The van der Waals surface area contributed by atoms with Gasteiger partial charge in [0.25, 0.3) is 11.8 Å². The highest BCUT2D eigenvalue weighted by molar-refractivity contribution is 9.10. The first-order valence-corrected chi connectivity index (χ1v) is 11.7. The Morgan fingerprint density at radius 3 is 2.69 bits per heavy atom. The van der Waals surface area contributed by atoms with Gasteiger partial charge in [0.2, 0.25) is 0 Å². The van der Waals surface area contributed by atoms with Crippen molar-refractivity contribution in [3.05, 3.63) is 68.5 Å². The zero-order chi connectivity index (χ0) is 26.4. The van der Waals surface area contributed by atoms with E-state index >= 15 is 0 Å². The number of ether oxygens (including phenoxy) is 1. The van der Waals surface area contributed by atoms with Crippen molar-refractivity contribution in [3.8, 4) is 11.9 Å². The lowest BCUT2D eigenvalue weighted by molar-refractivity contribution is -0.140. The van der Waals surface area contributed by atoms with Crippen LogP contribution in [0.1, 0.15) is 38.9 Å². The molecule has 11 nitrogen and oxygen atoms in total. The second kappa shape index (κ2) is 11.8. The van der Waals surface area contributed by atoms with Gasteiger partial charge in [0.1, 0.15) is 16.8 Å². The van der Waals surface area contributed by atoms with Gasteiger partial charge in [0, 0.05) is 18.8 Å². The molecule has 2 aromatic heterocycles. The molecule has 0 atom stereocenters. The van der Waals surface area contributed by atoms with Gasteiger partial charge in [0.15, 0.2) is 5.82 Å². The molecule has 3 rings (SSSR count). The summed E-state index contributed by atoms with van der Waals surface area (Å²) in [5.74, 6) is -1.47. The second-order valence-electron chi connectivity index (χ2n) is 7.32. The van der Waals surface area contributed by atoms with Crippen LogP contribution in [0.2, 0.25) is 5.02 Å². The molecule has 13 heteroatoms. The fraction of sp³-hybridized carbons (Fsp3) is 0.217. The third kappa shape index (κ3) is 5.88. The van der Waals surface area contributed by atoms with Crippen LogP contribution in [0, 0.1) is 18.3 Å². The number of aryl methyl sites for hydroxylation is 1. The minimum absolute atomic E-state index is 0.0557. The van der Waals surface area contributed by atoms with Gasteiger partial charge in [-0.15, -0.1) is 0 Å². The first-order chi connectivity index (χ1) is 17.2. The maximum Gasteiger partial charge on any atom is 0.321 e.